The molecule has 1 saturated carbocycles. The number of benzene rings is 1. The first kappa shape index (κ1) is 22.7. The average Bonchev–Trinajstić information content (AvgIpc) is 3.55. The molecule has 2 aromatic rings. The minimum atomic E-state index is -0.373. The lowest BCUT2D eigenvalue weighted by molar-refractivity contribution is -0.132. The van der Waals surface area contributed by atoms with Crippen LogP contribution in [0.25, 0.3) is 10.8 Å². The molecule has 0 radical (unpaired) electrons. The van der Waals surface area contributed by atoms with E-state index in [4.69, 9.17) is 10.5 Å². The monoisotopic (exact) mass is 495 g/mol. The van der Waals surface area contributed by atoms with Crippen LogP contribution in [0.2, 0.25) is 0 Å². The Morgan fingerprint density at radius 3 is 2.95 bits per heavy atom. The van der Waals surface area contributed by atoms with Gasteiger partial charge in [-0.2, -0.15) is 0 Å². The summed E-state index contributed by atoms with van der Waals surface area (Å²) in [7, 11) is 0. The van der Waals surface area contributed by atoms with Gasteiger partial charge in [-0.1, -0.05) is 43.4 Å². The fraction of sp³-hybridized carbons (Fsp3) is 0.531. The molecule has 8 atom stereocenters. The van der Waals surface area contributed by atoms with Crippen LogP contribution < -0.4 is 5.73 Å². The maximum absolute atomic E-state index is 11.6. The van der Waals surface area contributed by atoms with Gasteiger partial charge in [0.05, 0.1) is 17.3 Å². The summed E-state index contributed by atoms with van der Waals surface area (Å²) in [5.41, 5.74) is 9.65. The summed E-state index contributed by atoms with van der Waals surface area (Å²) in [4.78, 5) is 6.90. The van der Waals surface area contributed by atoms with E-state index in [0.29, 0.717) is 18.0 Å². The molecule has 1 aromatic carbocycles. The number of aliphatic hydroxyl groups is 1. The number of likely N-dealkylation sites (tertiary alicyclic amines) is 1. The van der Waals surface area contributed by atoms with Gasteiger partial charge in [0.2, 0.25) is 0 Å². The third-order valence-electron chi connectivity index (χ3n) is 11.1. The van der Waals surface area contributed by atoms with Crippen molar-refractivity contribution in [2.45, 2.75) is 80.8 Å². The minimum absolute atomic E-state index is 0.0543. The topological polar surface area (TPSA) is 71.6 Å². The van der Waals surface area contributed by atoms with Crippen molar-refractivity contribution in [3.05, 3.63) is 77.7 Å². The van der Waals surface area contributed by atoms with Crippen LogP contribution in [0.5, 0.6) is 0 Å². The lowest BCUT2D eigenvalue weighted by atomic mass is 9.58. The van der Waals surface area contributed by atoms with Crippen LogP contribution in [0.1, 0.15) is 56.9 Å². The highest BCUT2D eigenvalue weighted by molar-refractivity contribution is 5.82. The average molecular weight is 496 g/mol. The summed E-state index contributed by atoms with van der Waals surface area (Å²) in [6.07, 6.45) is 19.0. The molecule has 4 heterocycles. The third kappa shape index (κ3) is 3.03. The van der Waals surface area contributed by atoms with Crippen molar-refractivity contribution in [2.75, 3.05) is 13.1 Å². The quantitative estimate of drug-likeness (QED) is 0.636. The number of rotatable bonds is 2. The first-order chi connectivity index (χ1) is 17.9. The molecule has 2 saturated heterocycles. The minimum Gasteiger partial charge on any atom is -0.392 e. The van der Waals surface area contributed by atoms with Crippen LogP contribution in [0.3, 0.4) is 0 Å². The molecule has 1 aromatic heterocycles. The van der Waals surface area contributed by atoms with E-state index in [2.05, 4.69) is 65.4 Å². The van der Waals surface area contributed by atoms with Gasteiger partial charge < -0.3 is 15.6 Å². The molecule has 2 spiro atoms. The van der Waals surface area contributed by atoms with Crippen LogP contribution in [-0.2, 0) is 4.74 Å². The van der Waals surface area contributed by atoms with Gasteiger partial charge in [-0.05, 0) is 78.2 Å². The Kier molecular flexibility index (Phi) is 4.67. The Morgan fingerprint density at radius 1 is 1.16 bits per heavy atom. The molecular weight excluding hydrogens is 458 g/mol. The SMILES string of the molecule is C[C@]12CC=C3C=C4C=C[C@@H](N5CC[C@@H](N)C5)C[C@]45CCC3(O5)[C@@H]1C[C@@H](O)C2c1ccc2ccncc2c1. The van der Waals surface area contributed by atoms with Crippen molar-refractivity contribution >= 4 is 10.8 Å². The highest BCUT2D eigenvalue weighted by Crippen LogP contribution is 2.69. The van der Waals surface area contributed by atoms with Gasteiger partial charge in [-0.3, -0.25) is 9.88 Å². The molecular formula is C32H37N3O2. The molecule has 2 unspecified atom stereocenters. The van der Waals surface area contributed by atoms with Gasteiger partial charge in [0.1, 0.15) is 0 Å². The van der Waals surface area contributed by atoms with E-state index in [-0.39, 0.29) is 28.6 Å². The van der Waals surface area contributed by atoms with Crippen LogP contribution in [0.4, 0.5) is 0 Å². The molecule has 5 heteroatoms. The van der Waals surface area contributed by atoms with Crippen LogP contribution in [-0.4, -0.2) is 57.5 Å². The lowest BCUT2D eigenvalue weighted by Gasteiger charge is -2.54. The molecule has 8 rings (SSSR count). The summed E-state index contributed by atoms with van der Waals surface area (Å²) < 4.78 is 7.41. The number of allylic oxidation sites excluding steroid dienone is 1. The summed E-state index contributed by atoms with van der Waals surface area (Å²) in [6.45, 7) is 4.48. The van der Waals surface area contributed by atoms with Gasteiger partial charge in [-0.25, -0.2) is 0 Å². The Hall–Kier alpha value is -2.31. The summed E-state index contributed by atoms with van der Waals surface area (Å²) in [5.74, 6) is 0.385. The van der Waals surface area contributed by atoms with E-state index in [0.717, 1.165) is 57.0 Å². The number of fused-ring (bicyclic) bond motifs is 2. The van der Waals surface area contributed by atoms with Crippen LogP contribution >= 0.6 is 0 Å². The summed E-state index contributed by atoms with van der Waals surface area (Å²) in [5, 5.41) is 14.0. The second kappa shape index (κ2) is 7.63. The van der Waals surface area contributed by atoms with Crippen molar-refractivity contribution in [3.63, 3.8) is 0 Å². The second-order valence-corrected chi connectivity index (χ2v) is 12.9. The maximum Gasteiger partial charge on any atom is 0.0976 e. The number of nitrogens with zero attached hydrogens (tertiary/aromatic N) is 2. The van der Waals surface area contributed by atoms with E-state index in [1.54, 1.807) is 0 Å². The number of aliphatic hydroxyl groups excluding tert-OH is 1. The number of aromatic nitrogens is 1. The van der Waals surface area contributed by atoms with Gasteiger partial charge in [0, 0.05) is 54.8 Å². The lowest BCUT2D eigenvalue weighted by Crippen LogP contribution is -2.54. The molecule has 3 N–H and O–H groups in total. The predicted octanol–water partition coefficient (Wildman–Crippen LogP) is 4.63. The van der Waals surface area contributed by atoms with E-state index < -0.39 is 0 Å². The number of hydrogen-bond acceptors (Lipinski definition) is 5. The Bertz CT molecular complexity index is 1380. The van der Waals surface area contributed by atoms with Gasteiger partial charge in [0.15, 0.2) is 0 Å². The summed E-state index contributed by atoms with van der Waals surface area (Å²) in [6, 6.07) is 9.42. The number of nitrogens with two attached hydrogens (primary N) is 1. The maximum atomic E-state index is 11.6. The largest absolute Gasteiger partial charge is 0.392 e. The van der Waals surface area contributed by atoms with Crippen molar-refractivity contribution < 1.29 is 9.84 Å². The number of pyridine rings is 1. The van der Waals surface area contributed by atoms with Gasteiger partial charge in [-0.15, -0.1) is 0 Å². The predicted molar refractivity (Wildman–Crippen MR) is 145 cm³/mol. The van der Waals surface area contributed by atoms with Crippen molar-refractivity contribution in [2.24, 2.45) is 17.1 Å². The summed E-state index contributed by atoms with van der Waals surface area (Å²) >= 11 is 0. The van der Waals surface area contributed by atoms with E-state index in [9.17, 15) is 5.11 Å². The normalized spacial score (nSPS) is 44.4. The van der Waals surface area contributed by atoms with Gasteiger partial charge >= 0.3 is 0 Å². The molecule has 0 amide bonds. The zero-order valence-corrected chi connectivity index (χ0v) is 21.6. The number of ether oxygens (including phenoxy) is 1. The van der Waals surface area contributed by atoms with E-state index >= 15 is 0 Å². The molecule has 3 aliphatic heterocycles. The Morgan fingerprint density at radius 2 is 2.08 bits per heavy atom. The van der Waals surface area contributed by atoms with E-state index in [1.807, 2.05) is 12.4 Å². The highest BCUT2D eigenvalue weighted by Gasteiger charge is 2.68. The molecule has 2 bridgehead atoms. The standard InChI is InChI=1S/C32H37N3O2/c1-30-9-6-24-15-23-4-5-26(35-13-8-25(33)19-35)17-31(23)10-11-32(24,37-31)28(30)16-27(36)29(30)21-3-2-20-7-12-34-18-22(20)14-21/h2-7,12,14-15,18,25-29,36H,8-11,13,16-17,19,33H2,1H3/t25-,26-,27-,28-,29?,30+,31-,32?/m1/s1. The zero-order valence-electron chi connectivity index (χ0n) is 21.6. The van der Waals surface area contributed by atoms with Crippen LogP contribution in [0.15, 0.2) is 72.1 Å². The fourth-order valence-electron chi connectivity index (χ4n) is 9.32. The van der Waals surface area contributed by atoms with Crippen LogP contribution in [0, 0.1) is 11.3 Å². The van der Waals surface area contributed by atoms with Crippen molar-refractivity contribution in [1.29, 1.82) is 0 Å². The Labute approximate surface area is 219 Å². The van der Waals surface area contributed by atoms with Crippen molar-refractivity contribution in [1.82, 2.24) is 9.88 Å². The molecule has 3 aliphatic carbocycles. The Balaban J connectivity index is 1.17. The molecule has 37 heavy (non-hydrogen) atoms. The second-order valence-electron chi connectivity index (χ2n) is 12.9. The van der Waals surface area contributed by atoms with E-state index in [1.165, 1.54) is 22.1 Å². The zero-order chi connectivity index (χ0) is 25.0. The third-order valence-corrected chi connectivity index (χ3v) is 11.1. The molecule has 5 nitrogen and oxygen atoms in total. The van der Waals surface area contributed by atoms with Crippen molar-refractivity contribution in [3.8, 4) is 0 Å². The molecule has 6 aliphatic rings. The molecule has 3 fully saturated rings. The first-order valence-corrected chi connectivity index (χ1v) is 14.2. The molecule has 192 valence electrons. The fourth-order valence-corrected chi connectivity index (χ4v) is 9.32. The number of hydrogen-bond donors (Lipinski definition) is 2. The van der Waals surface area contributed by atoms with Gasteiger partial charge in [0.25, 0.3) is 0 Å². The smallest absolute Gasteiger partial charge is 0.0976 e. The first-order valence-electron chi connectivity index (χ1n) is 14.2. The highest BCUT2D eigenvalue weighted by atomic mass is 16.5.